The minimum atomic E-state index is -1.56. The Labute approximate surface area is 409 Å². The lowest BCUT2D eigenvalue weighted by Crippen LogP contribution is -2.70. The molecule has 6 unspecified atom stereocenters. The van der Waals surface area contributed by atoms with Crippen molar-refractivity contribution in [3.05, 3.63) is 154 Å². The fourth-order valence-electron chi connectivity index (χ4n) is 10.4. The number of carbonyl (C=O) groups excluding carboxylic acids is 1. The number of ether oxygens (including phenoxy) is 6. The van der Waals surface area contributed by atoms with Gasteiger partial charge in [0.1, 0.15) is 29.9 Å². The summed E-state index contributed by atoms with van der Waals surface area (Å²) in [5.74, 6) is 0.501. The number of hydrogen-bond donors (Lipinski definition) is 2. The summed E-state index contributed by atoms with van der Waals surface area (Å²) >= 11 is 0. The average molecular weight is 958 g/mol. The molecule has 1 amide bonds. The first-order valence-electron chi connectivity index (χ1n) is 24.2. The first-order valence-corrected chi connectivity index (χ1v) is 24.2. The van der Waals surface area contributed by atoms with Gasteiger partial charge in [0.15, 0.2) is 11.5 Å². The summed E-state index contributed by atoms with van der Waals surface area (Å²) in [5.41, 5.74) is 5.95. The van der Waals surface area contributed by atoms with Crippen molar-refractivity contribution in [2.24, 2.45) is 22.9 Å². The van der Waals surface area contributed by atoms with Crippen molar-refractivity contribution >= 4 is 17.5 Å². The molecule has 4 aromatic carbocycles. The highest BCUT2D eigenvalue weighted by atomic mass is 16.7. The summed E-state index contributed by atoms with van der Waals surface area (Å²) in [5, 5.41) is 36.5. The second-order valence-electron chi connectivity index (χ2n) is 18.3. The van der Waals surface area contributed by atoms with Gasteiger partial charge in [-0.15, -0.1) is 13.2 Å². The lowest BCUT2D eigenvalue weighted by atomic mass is 9.55. The molecule has 15 nitrogen and oxygen atoms in total. The van der Waals surface area contributed by atoms with Gasteiger partial charge in [0.25, 0.3) is 5.69 Å². The Morgan fingerprint density at radius 2 is 1.61 bits per heavy atom. The van der Waals surface area contributed by atoms with Crippen molar-refractivity contribution in [3.63, 3.8) is 0 Å². The highest BCUT2D eigenvalue weighted by molar-refractivity contribution is 6.03. The van der Waals surface area contributed by atoms with E-state index in [-0.39, 0.29) is 76.2 Å². The summed E-state index contributed by atoms with van der Waals surface area (Å²) in [6, 6.07) is 22.7. The standard InChI is InChI=1S/C55H63N3O12/c1-5-7-27-64-54(61)57(33-39-17-22-49-50(29-39)66-35-65-49)51-32-47(56-68-34-38-15-18-41(19-16-38)58(62)63)45-30-40(12-8-10-24-59)44(13-9-11-25-60)52-46-31-43(69-42-20-14-36(3)37(4)28-42)21-23-48(46)70-55(51,53(45)52)67-26-6-2/h5-6,14-23,28-31,40,44,51-53,59-60H,1-2,7-13,24-27,32-35H2,3-4H3. The summed E-state index contributed by atoms with van der Waals surface area (Å²) < 4.78 is 38.7. The first kappa shape index (κ1) is 49.7. The Morgan fingerprint density at radius 1 is 0.886 bits per heavy atom. The number of benzene rings is 4. The number of rotatable bonds is 23. The molecule has 15 heteroatoms. The number of aliphatic hydroxyl groups excluding tert-OH is 2. The number of aliphatic hydroxyl groups is 2. The van der Waals surface area contributed by atoms with Crippen LogP contribution in [-0.4, -0.2) is 76.9 Å². The van der Waals surface area contributed by atoms with Crippen LogP contribution in [-0.2, 0) is 27.5 Å². The Bertz CT molecular complexity index is 2580. The molecule has 70 heavy (non-hydrogen) atoms. The molecular weight excluding hydrogens is 895 g/mol. The van der Waals surface area contributed by atoms with Crippen LogP contribution >= 0.6 is 0 Å². The highest BCUT2D eigenvalue weighted by Gasteiger charge is 2.65. The number of unbranched alkanes of at least 4 members (excludes halogenated alkanes) is 2. The monoisotopic (exact) mass is 957 g/mol. The van der Waals surface area contributed by atoms with Crippen LogP contribution in [0.2, 0.25) is 0 Å². The normalized spacial score (nSPS) is 22.2. The number of non-ortho nitro benzene ring substituents is 1. The Morgan fingerprint density at radius 3 is 2.36 bits per heavy atom. The van der Waals surface area contributed by atoms with Gasteiger partial charge in [-0.1, -0.05) is 48.4 Å². The van der Waals surface area contributed by atoms with Crippen molar-refractivity contribution in [1.29, 1.82) is 0 Å². The zero-order valence-electron chi connectivity index (χ0n) is 40.0. The second-order valence-corrected chi connectivity index (χ2v) is 18.3. The molecule has 4 aliphatic rings. The van der Waals surface area contributed by atoms with Crippen LogP contribution in [0.3, 0.4) is 0 Å². The third-order valence-corrected chi connectivity index (χ3v) is 13.9. The number of nitrogens with zero attached hydrogens (tertiary/aromatic N) is 3. The van der Waals surface area contributed by atoms with E-state index in [0.717, 1.165) is 53.5 Å². The van der Waals surface area contributed by atoms with Crippen LogP contribution < -0.4 is 18.9 Å². The molecule has 0 radical (unpaired) electrons. The summed E-state index contributed by atoms with van der Waals surface area (Å²) in [6.45, 7) is 12.4. The zero-order chi connectivity index (χ0) is 49.2. The Balaban J connectivity index is 1.33. The molecule has 4 aromatic rings. The predicted molar refractivity (Wildman–Crippen MR) is 263 cm³/mol. The van der Waals surface area contributed by atoms with E-state index in [1.165, 1.54) is 12.1 Å². The number of allylic oxidation sites excluding steroid dienone is 1. The van der Waals surface area contributed by atoms with Gasteiger partial charge in [-0.3, -0.25) is 15.0 Å². The quantitative estimate of drug-likeness (QED) is 0.0311. The molecule has 2 N–H and O–H groups in total. The maximum Gasteiger partial charge on any atom is 0.410 e. The largest absolute Gasteiger partial charge is 0.459 e. The molecule has 0 bridgehead atoms. The van der Waals surface area contributed by atoms with E-state index >= 15 is 0 Å². The average Bonchev–Trinajstić information content (AvgIpc) is 3.83. The number of amides is 1. The van der Waals surface area contributed by atoms with Crippen molar-refractivity contribution in [3.8, 4) is 28.7 Å². The van der Waals surface area contributed by atoms with E-state index in [1.54, 1.807) is 29.2 Å². The predicted octanol–water partition coefficient (Wildman–Crippen LogP) is 10.8. The number of fused-ring (bicyclic) bond motifs is 3. The lowest BCUT2D eigenvalue weighted by molar-refractivity contribution is -0.384. The van der Waals surface area contributed by atoms with Crippen molar-refractivity contribution in [2.45, 2.75) is 96.1 Å². The van der Waals surface area contributed by atoms with Gasteiger partial charge in [-0.2, -0.15) is 0 Å². The van der Waals surface area contributed by atoms with Gasteiger partial charge < -0.3 is 43.5 Å². The first-order chi connectivity index (χ1) is 34.1. The van der Waals surface area contributed by atoms with E-state index in [2.05, 4.69) is 39.1 Å². The summed E-state index contributed by atoms with van der Waals surface area (Å²) in [7, 11) is 0. The van der Waals surface area contributed by atoms with Gasteiger partial charge in [0, 0.05) is 49.8 Å². The number of aryl methyl sites for hydroxylation is 2. The van der Waals surface area contributed by atoms with Crippen LogP contribution in [0.25, 0.3) is 0 Å². The molecular formula is C55H63N3O12. The van der Waals surface area contributed by atoms with Crippen LogP contribution in [0.15, 0.2) is 121 Å². The number of nitro benzene ring substituents is 1. The molecule has 8 rings (SSSR count). The maximum atomic E-state index is 14.9. The van der Waals surface area contributed by atoms with E-state index in [4.69, 9.17) is 38.4 Å². The van der Waals surface area contributed by atoms with Crippen molar-refractivity contribution in [2.75, 3.05) is 33.2 Å². The summed E-state index contributed by atoms with van der Waals surface area (Å²) in [6.07, 6.45) is 9.81. The van der Waals surface area contributed by atoms with Crippen LogP contribution in [0.4, 0.5) is 10.5 Å². The molecule has 2 heterocycles. The highest BCUT2D eigenvalue weighted by Crippen LogP contribution is 2.62. The molecule has 1 saturated carbocycles. The Kier molecular flexibility index (Phi) is 16.2. The fourth-order valence-corrected chi connectivity index (χ4v) is 10.4. The summed E-state index contributed by atoms with van der Waals surface area (Å²) in [4.78, 5) is 33.8. The topological polar surface area (TPSA) is 181 Å². The second kappa shape index (κ2) is 22.8. The van der Waals surface area contributed by atoms with Gasteiger partial charge in [0.05, 0.1) is 29.8 Å². The third kappa shape index (κ3) is 10.9. The van der Waals surface area contributed by atoms with Crippen molar-refractivity contribution in [1.82, 2.24) is 4.90 Å². The molecule has 0 spiro atoms. The van der Waals surface area contributed by atoms with Gasteiger partial charge in [0.2, 0.25) is 12.6 Å². The van der Waals surface area contributed by atoms with Crippen molar-refractivity contribution < 1.29 is 53.2 Å². The SMILES string of the molecule is C=CCCOC(=O)N(Cc1ccc2c(c1)OCO2)C1CC(=NOCc2ccc([N+](=O)[O-])cc2)C2=CC(CCCCO)C(CCCCO)C3c4cc(Oc5ccc(C)c(C)c5)ccc4OC1(OCC=C)C23. The third-order valence-electron chi connectivity index (χ3n) is 13.9. The lowest BCUT2D eigenvalue weighted by Gasteiger charge is -2.59. The molecule has 6 atom stereocenters. The molecule has 370 valence electrons. The number of nitro groups is 1. The van der Waals surface area contributed by atoms with E-state index in [9.17, 15) is 25.1 Å². The fraction of sp³-hybridized carbons (Fsp3) is 0.418. The van der Waals surface area contributed by atoms with E-state index in [1.807, 2.05) is 48.5 Å². The number of oxime groups is 1. The van der Waals surface area contributed by atoms with Crippen LogP contribution in [0.1, 0.15) is 85.1 Å². The van der Waals surface area contributed by atoms with E-state index in [0.29, 0.717) is 59.3 Å². The Hall–Kier alpha value is -6.68. The van der Waals surface area contributed by atoms with E-state index < -0.39 is 28.8 Å². The molecule has 2 aliphatic heterocycles. The van der Waals surface area contributed by atoms with Crippen LogP contribution in [0, 0.1) is 41.7 Å². The van der Waals surface area contributed by atoms with Crippen LogP contribution in [0.5, 0.6) is 28.7 Å². The minimum Gasteiger partial charge on any atom is -0.459 e. The smallest absolute Gasteiger partial charge is 0.410 e. The zero-order valence-corrected chi connectivity index (χ0v) is 40.0. The molecule has 0 saturated heterocycles. The van der Waals surface area contributed by atoms with Gasteiger partial charge in [-0.05, 0) is 140 Å². The van der Waals surface area contributed by atoms with Gasteiger partial charge >= 0.3 is 6.09 Å². The number of hydrogen-bond acceptors (Lipinski definition) is 13. The molecule has 0 aromatic heterocycles. The van der Waals surface area contributed by atoms with Gasteiger partial charge in [-0.25, -0.2) is 4.79 Å². The number of carbonyl (C=O) groups is 1. The minimum absolute atomic E-state index is 0.0123. The molecule has 1 fully saturated rings. The maximum absolute atomic E-state index is 14.9. The molecule has 2 aliphatic carbocycles.